The summed E-state index contributed by atoms with van der Waals surface area (Å²) in [5.74, 6) is -1.12. The first-order chi connectivity index (χ1) is 6.93. The first-order valence-corrected chi connectivity index (χ1v) is 4.84. The Balaban J connectivity index is 3.07. The summed E-state index contributed by atoms with van der Waals surface area (Å²) in [6.45, 7) is -0.554. The number of benzene rings is 1. The molecule has 0 fully saturated rings. The molecule has 0 unspecified atom stereocenters. The zero-order valence-electron chi connectivity index (χ0n) is 7.26. The predicted molar refractivity (Wildman–Crippen MR) is 59.0 cm³/mol. The van der Waals surface area contributed by atoms with Crippen LogP contribution in [0.2, 0.25) is 15.1 Å². The van der Waals surface area contributed by atoms with Crippen molar-refractivity contribution in [3.63, 3.8) is 0 Å². The molecule has 15 heavy (non-hydrogen) atoms. The lowest BCUT2D eigenvalue weighted by Crippen LogP contribution is -2.11. The van der Waals surface area contributed by atoms with Crippen LogP contribution in [0.1, 0.15) is 0 Å². The van der Waals surface area contributed by atoms with E-state index < -0.39 is 12.6 Å². The molecule has 3 N–H and O–H groups in total. The molecule has 0 saturated heterocycles. The highest BCUT2D eigenvalue weighted by Crippen LogP contribution is 2.41. The Labute approximate surface area is 100 Å². The van der Waals surface area contributed by atoms with E-state index in [1.54, 1.807) is 0 Å². The summed E-state index contributed by atoms with van der Waals surface area (Å²) in [6, 6.07) is 1.33. The summed E-state index contributed by atoms with van der Waals surface area (Å²) in [5.41, 5.74) is 5.58. The molecule has 1 rings (SSSR count). The molecule has 0 heterocycles. The Morgan fingerprint density at radius 3 is 2.53 bits per heavy atom. The van der Waals surface area contributed by atoms with E-state index in [1.165, 1.54) is 6.07 Å². The zero-order chi connectivity index (χ0) is 11.6. The monoisotopic (exact) mass is 269 g/mol. The molecule has 0 aliphatic rings. The molecular formula is C8H6Cl3NO3. The molecule has 1 aromatic rings. The fourth-order valence-electron chi connectivity index (χ4n) is 0.878. The van der Waals surface area contributed by atoms with E-state index in [1.807, 2.05) is 0 Å². The van der Waals surface area contributed by atoms with Gasteiger partial charge in [0.25, 0.3) is 0 Å². The summed E-state index contributed by atoms with van der Waals surface area (Å²) in [6.07, 6.45) is 0. The van der Waals surface area contributed by atoms with Gasteiger partial charge in [-0.3, -0.25) is 0 Å². The SMILES string of the molecule is Nc1c(Cl)c(Cl)cc(Cl)c1OCC(=O)O. The second-order valence-corrected chi connectivity index (χ2v) is 3.77. The van der Waals surface area contributed by atoms with E-state index in [0.29, 0.717) is 0 Å². The number of ether oxygens (including phenoxy) is 1. The van der Waals surface area contributed by atoms with Crippen molar-refractivity contribution < 1.29 is 14.6 Å². The molecule has 0 atom stereocenters. The second kappa shape index (κ2) is 4.79. The van der Waals surface area contributed by atoms with E-state index in [-0.39, 0.29) is 26.5 Å². The summed E-state index contributed by atoms with van der Waals surface area (Å²) >= 11 is 17.2. The molecule has 1 aromatic carbocycles. The molecule has 0 saturated carbocycles. The molecule has 7 heteroatoms. The minimum absolute atomic E-state index is 0.0217. The average Bonchev–Trinajstić information content (AvgIpc) is 2.14. The van der Waals surface area contributed by atoms with E-state index in [9.17, 15) is 4.79 Å². The summed E-state index contributed by atoms with van der Waals surface area (Å²) in [7, 11) is 0. The zero-order valence-corrected chi connectivity index (χ0v) is 9.53. The van der Waals surface area contributed by atoms with Gasteiger partial charge in [0.05, 0.1) is 20.8 Å². The van der Waals surface area contributed by atoms with E-state index in [2.05, 4.69) is 0 Å². The second-order valence-electron chi connectivity index (χ2n) is 2.58. The molecule has 0 aliphatic carbocycles. The number of anilines is 1. The lowest BCUT2D eigenvalue weighted by atomic mass is 10.3. The van der Waals surface area contributed by atoms with Crippen molar-refractivity contribution >= 4 is 46.5 Å². The van der Waals surface area contributed by atoms with Gasteiger partial charge >= 0.3 is 5.97 Å². The van der Waals surface area contributed by atoms with Crippen LogP contribution in [0.25, 0.3) is 0 Å². The Bertz CT molecular complexity index is 409. The Hall–Kier alpha value is -0.840. The maximum absolute atomic E-state index is 10.3. The van der Waals surface area contributed by atoms with Crippen LogP contribution in [0.5, 0.6) is 5.75 Å². The van der Waals surface area contributed by atoms with Crippen LogP contribution in [0, 0.1) is 0 Å². The number of carboxylic acid groups (broad SMARTS) is 1. The normalized spacial score (nSPS) is 10.1. The minimum Gasteiger partial charge on any atom is -0.479 e. The lowest BCUT2D eigenvalue weighted by Gasteiger charge is -2.11. The number of nitrogens with two attached hydrogens (primary N) is 1. The van der Waals surface area contributed by atoms with Gasteiger partial charge in [-0.2, -0.15) is 0 Å². The quantitative estimate of drug-likeness (QED) is 0.654. The van der Waals surface area contributed by atoms with Crippen molar-refractivity contribution in [3.8, 4) is 5.75 Å². The fourth-order valence-corrected chi connectivity index (χ4v) is 1.55. The largest absolute Gasteiger partial charge is 0.479 e. The molecule has 0 aliphatic heterocycles. The highest BCUT2D eigenvalue weighted by molar-refractivity contribution is 6.45. The molecule has 0 bridgehead atoms. The van der Waals surface area contributed by atoms with Gasteiger partial charge in [0, 0.05) is 0 Å². The average molecular weight is 270 g/mol. The number of hydrogen-bond donors (Lipinski definition) is 2. The molecule has 0 amide bonds. The van der Waals surface area contributed by atoms with Gasteiger partial charge < -0.3 is 15.6 Å². The predicted octanol–water partition coefficient (Wildman–Crippen LogP) is 2.69. The first kappa shape index (κ1) is 12.2. The van der Waals surface area contributed by atoms with Crippen LogP contribution < -0.4 is 10.5 Å². The maximum atomic E-state index is 10.3. The Morgan fingerprint density at radius 2 is 2.00 bits per heavy atom. The van der Waals surface area contributed by atoms with Gasteiger partial charge in [-0.05, 0) is 6.07 Å². The van der Waals surface area contributed by atoms with Crippen LogP contribution >= 0.6 is 34.8 Å². The van der Waals surface area contributed by atoms with E-state index in [0.717, 1.165) is 0 Å². The van der Waals surface area contributed by atoms with Gasteiger partial charge in [0.15, 0.2) is 12.4 Å². The molecule has 0 aromatic heterocycles. The van der Waals surface area contributed by atoms with Gasteiger partial charge in [-0.15, -0.1) is 0 Å². The van der Waals surface area contributed by atoms with Crippen molar-refractivity contribution in [2.75, 3.05) is 12.3 Å². The smallest absolute Gasteiger partial charge is 0.341 e. The first-order valence-electron chi connectivity index (χ1n) is 3.71. The summed E-state index contributed by atoms with van der Waals surface area (Å²) in [5, 5.41) is 8.79. The number of carboxylic acids is 1. The third-order valence-electron chi connectivity index (χ3n) is 1.50. The van der Waals surface area contributed by atoms with Crippen molar-refractivity contribution in [3.05, 3.63) is 21.1 Å². The Morgan fingerprint density at radius 1 is 1.40 bits per heavy atom. The third kappa shape index (κ3) is 2.81. The number of nitrogen functional groups attached to an aromatic ring is 1. The fraction of sp³-hybridized carbons (Fsp3) is 0.125. The number of halogens is 3. The standard InChI is InChI=1S/C8H6Cl3NO3/c9-3-1-4(10)8(7(12)6(3)11)15-2-5(13)14/h1H,2,12H2,(H,13,14). The highest BCUT2D eigenvalue weighted by Gasteiger charge is 2.14. The van der Waals surface area contributed by atoms with Gasteiger partial charge in [0.1, 0.15) is 0 Å². The molecule has 82 valence electrons. The topological polar surface area (TPSA) is 72.5 Å². The molecule has 0 radical (unpaired) electrons. The van der Waals surface area contributed by atoms with Crippen molar-refractivity contribution in [1.82, 2.24) is 0 Å². The summed E-state index contributed by atoms with van der Waals surface area (Å²) < 4.78 is 4.87. The Kier molecular flexibility index (Phi) is 3.90. The maximum Gasteiger partial charge on any atom is 0.341 e. The number of hydrogen-bond acceptors (Lipinski definition) is 3. The van der Waals surface area contributed by atoms with E-state index >= 15 is 0 Å². The van der Waals surface area contributed by atoms with Gasteiger partial charge in [-0.25, -0.2) is 4.79 Å². The van der Waals surface area contributed by atoms with Gasteiger partial charge in [0.2, 0.25) is 0 Å². The third-order valence-corrected chi connectivity index (χ3v) is 2.58. The van der Waals surface area contributed by atoms with Crippen LogP contribution in [-0.2, 0) is 4.79 Å². The molecule has 4 nitrogen and oxygen atoms in total. The van der Waals surface area contributed by atoms with Crippen LogP contribution in [0.15, 0.2) is 6.07 Å². The highest BCUT2D eigenvalue weighted by atomic mass is 35.5. The minimum atomic E-state index is -1.14. The van der Waals surface area contributed by atoms with Crippen LogP contribution in [0.4, 0.5) is 5.69 Å². The van der Waals surface area contributed by atoms with Crippen LogP contribution in [-0.4, -0.2) is 17.7 Å². The van der Waals surface area contributed by atoms with Crippen molar-refractivity contribution in [2.24, 2.45) is 0 Å². The van der Waals surface area contributed by atoms with Crippen molar-refractivity contribution in [2.45, 2.75) is 0 Å². The number of carbonyl (C=O) groups is 1. The number of aliphatic carboxylic acids is 1. The van der Waals surface area contributed by atoms with Crippen LogP contribution in [0.3, 0.4) is 0 Å². The molecular weight excluding hydrogens is 264 g/mol. The lowest BCUT2D eigenvalue weighted by molar-refractivity contribution is -0.139. The summed E-state index contributed by atoms with van der Waals surface area (Å²) in [4.78, 5) is 10.3. The number of rotatable bonds is 3. The van der Waals surface area contributed by atoms with E-state index in [4.69, 9.17) is 50.4 Å². The molecule has 0 spiro atoms. The van der Waals surface area contributed by atoms with Gasteiger partial charge in [-0.1, -0.05) is 34.8 Å². The van der Waals surface area contributed by atoms with Crippen molar-refractivity contribution in [1.29, 1.82) is 0 Å².